The van der Waals surface area contributed by atoms with Crippen LogP contribution in [-0.4, -0.2) is 13.7 Å². The van der Waals surface area contributed by atoms with Gasteiger partial charge in [0.1, 0.15) is 0 Å². The Hall–Kier alpha value is -3.09. The molecule has 3 rings (SSSR count). The minimum absolute atomic E-state index is 0.421. The van der Waals surface area contributed by atoms with E-state index in [1.807, 2.05) is 0 Å². The highest BCUT2D eigenvalue weighted by Gasteiger charge is 2.44. The van der Waals surface area contributed by atoms with Crippen LogP contribution < -0.4 is 5.73 Å². The molecule has 3 aromatic carbocycles. The summed E-state index contributed by atoms with van der Waals surface area (Å²) in [7, 11) is 1.55. The highest BCUT2D eigenvalue weighted by Crippen LogP contribution is 2.49. The van der Waals surface area contributed by atoms with Crippen LogP contribution in [0.5, 0.6) is 0 Å². The molecule has 3 aromatic rings. The zero-order valence-corrected chi connectivity index (χ0v) is 16.9. The highest BCUT2D eigenvalue weighted by atomic mass is 16.6. The first-order valence-corrected chi connectivity index (χ1v) is 10.0. The van der Waals surface area contributed by atoms with Crippen molar-refractivity contribution in [2.24, 2.45) is 5.73 Å². The Balaban J connectivity index is 2.30. The molecule has 0 atom stereocenters. The lowest BCUT2D eigenvalue weighted by Crippen LogP contribution is -2.37. The molecule has 0 aliphatic heterocycles. The summed E-state index contributed by atoms with van der Waals surface area (Å²) in [5.74, 6) is 1.30. The first-order valence-electron chi connectivity index (χ1n) is 10.0. The average molecular weight is 385 g/mol. The zero-order chi connectivity index (χ0) is 20.4. The van der Waals surface area contributed by atoms with Crippen molar-refractivity contribution in [3.8, 4) is 6.07 Å². The molecule has 0 aliphatic carbocycles. The van der Waals surface area contributed by atoms with Crippen molar-refractivity contribution in [3.63, 3.8) is 0 Å². The van der Waals surface area contributed by atoms with E-state index in [4.69, 9.17) is 10.6 Å². The Bertz CT molecular complexity index is 818. The lowest BCUT2D eigenvalue weighted by Gasteiger charge is -2.41. The maximum atomic E-state index is 5.91. The number of hydrogen-bond donors (Lipinski definition) is 1. The molecule has 0 aromatic heterocycles. The third-order valence-electron chi connectivity index (χ3n) is 5.28. The standard InChI is InChI=1S/C26H28N2O/c1-29-28-21-19-25(18-11-20-27)26(22-12-5-2-6-13-22,23-14-7-3-8-15-23)24-16-9-4-10-17-24/h2-10,12-17H,11,18-20,27H2,1H3/q+1. The Morgan fingerprint density at radius 2 is 1.28 bits per heavy atom. The Morgan fingerprint density at radius 3 is 1.66 bits per heavy atom. The molecule has 0 amide bonds. The molecule has 147 valence electrons. The summed E-state index contributed by atoms with van der Waals surface area (Å²) < 4.78 is 0. The van der Waals surface area contributed by atoms with Crippen molar-refractivity contribution in [2.45, 2.75) is 24.7 Å². The van der Waals surface area contributed by atoms with E-state index in [-0.39, 0.29) is 0 Å². The van der Waals surface area contributed by atoms with E-state index in [1.165, 1.54) is 22.6 Å². The van der Waals surface area contributed by atoms with Crippen molar-refractivity contribution in [1.82, 2.24) is 0 Å². The topological polar surface area (TPSA) is 39.6 Å². The number of rotatable bonds is 8. The molecule has 0 saturated heterocycles. The van der Waals surface area contributed by atoms with E-state index < -0.39 is 5.41 Å². The molecule has 2 N–H and O–H groups in total. The van der Waals surface area contributed by atoms with E-state index in [0.717, 1.165) is 12.8 Å². The molecule has 3 heteroatoms. The van der Waals surface area contributed by atoms with Crippen molar-refractivity contribution in [1.29, 1.82) is 0 Å². The van der Waals surface area contributed by atoms with Crippen LogP contribution in [0.15, 0.2) is 91.0 Å². The fourth-order valence-electron chi connectivity index (χ4n) is 4.09. The van der Waals surface area contributed by atoms with Crippen LogP contribution in [0.3, 0.4) is 0 Å². The second-order valence-electron chi connectivity index (χ2n) is 6.95. The van der Waals surface area contributed by atoms with Crippen molar-refractivity contribution >= 4 is 0 Å². The molecular formula is C26H28N2O+. The number of hydrogen-bond acceptors (Lipinski definition) is 2. The van der Waals surface area contributed by atoms with Crippen LogP contribution in [0.4, 0.5) is 0 Å². The van der Waals surface area contributed by atoms with Crippen molar-refractivity contribution < 1.29 is 4.84 Å². The van der Waals surface area contributed by atoms with Gasteiger partial charge in [-0.1, -0.05) is 91.0 Å². The van der Waals surface area contributed by atoms with E-state index in [9.17, 15) is 0 Å². The summed E-state index contributed by atoms with van der Waals surface area (Å²) in [6.07, 6.45) is 2.37. The third-order valence-corrected chi connectivity index (χ3v) is 5.28. The Kier molecular flexibility index (Phi) is 7.44. The second-order valence-corrected chi connectivity index (χ2v) is 6.95. The normalized spacial score (nSPS) is 11.0. The van der Waals surface area contributed by atoms with Crippen LogP contribution in [0.25, 0.3) is 5.01 Å². The molecule has 0 unspecified atom stereocenters. The monoisotopic (exact) mass is 384 g/mol. The predicted molar refractivity (Wildman–Crippen MR) is 120 cm³/mol. The first kappa shape index (κ1) is 20.6. The highest BCUT2D eigenvalue weighted by molar-refractivity contribution is 5.56. The van der Waals surface area contributed by atoms with Gasteiger partial charge in [-0.2, -0.15) is 4.84 Å². The predicted octanol–water partition coefficient (Wildman–Crippen LogP) is 5.62. The molecule has 3 nitrogen and oxygen atoms in total. The molecule has 0 saturated carbocycles. The van der Waals surface area contributed by atoms with Gasteiger partial charge in [0.05, 0.1) is 11.8 Å². The van der Waals surface area contributed by atoms with Crippen LogP contribution in [0, 0.1) is 12.0 Å². The van der Waals surface area contributed by atoms with Gasteiger partial charge in [-0.05, 0) is 36.1 Å². The molecule has 0 fully saturated rings. The molecule has 1 radical (unpaired) electrons. The summed E-state index contributed by atoms with van der Waals surface area (Å²) in [5, 5.41) is 3.91. The molecule has 0 bridgehead atoms. The Morgan fingerprint density at radius 1 is 0.828 bits per heavy atom. The minimum atomic E-state index is -0.421. The van der Waals surface area contributed by atoms with Gasteiger partial charge in [0, 0.05) is 5.92 Å². The summed E-state index contributed by atoms with van der Waals surface area (Å²) >= 11 is 0. The minimum Gasteiger partial charge on any atom is -0.330 e. The summed E-state index contributed by atoms with van der Waals surface area (Å²) in [6.45, 7) is 0.638. The van der Waals surface area contributed by atoms with E-state index in [2.05, 4.69) is 102 Å². The van der Waals surface area contributed by atoms with Crippen LogP contribution >= 0.6 is 0 Å². The SMILES string of the molecule is CO[N+]#CC[C](CCCN)C(c1ccccc1)(c1ccccc1)c1ccccc1. The second kappa shape index (κ2) is 10.5. The average Bonchev–Trinajstić information content (AvgIpc) is 2.80. The van der Waals surface area contributed by atoms with E-state index in [0.29, 0.717) is 13.0 Å². The third kappa shape index (κ3) is 4.50. The van der Waals surface area contributed by atoms with Gasteiger partial charge in [-0.25, -0.2) is 0 Å². The largest absolute Gasteiger partial charge is 0.350 e. The van der Waals surface area contributed by atoms with Gasteiger partial charge in [0.15, 0.2) is 7.11 Å². The van der Waals surface area contributed by atoms with Crippen LogP contribution in [0.1, 0.15) is 36.0 Å². The molecule has 0 heterocycles. The molecular weight excluding hydrogens is 356 g/mol. The van der Waals surface area contributed by atoms with Gasteiger partial charge in [-0.3, -0.25) is 0 Å². The molecule has 0 spiro atoms. The maximum absolute atomic E-state index is 5.91. The van der Waals surface area contributed by atoms with E-state index in [1.54, 1.807) is 7.11 Å². The fourth-order valence-corrected chi connectivity index (χ4v) is 4.09. The van der Waals surface area contributed by atoms with E-state index >= 15 is 0 Å². The van der Waals surface area contributed by atoms with Crippen LogP contribution in [-0.2, 0) is 10.3 Å². The number of nitrogens with zero attached hydrogens (tertiary/aromatic N) is 1. The van der Waals surface area contributed by atoms with Gasteiger partial charge in [-0.15, -0.1) is 0 Å². The van der Waals surface area contributed by atoms with Gasteiger partial charge >= 0.3 is 6.07 Å². The van der Waals surface area contributed by atoms with Crippen molar-refractivity contribution in [2.75, 3.05) is 13.7 Å². The lowest BCUT2D eigenvalue weighted by atomic mass is 9.60. The summed E-state index contributed by atoms with van der Waals surface area (Å²) in [5.41, 5.74) is 9.16. The summed E-state index contributed by atoms with van der Waals surface area (Å²) in [4.78, 5) is 4.90. The van der Waals surface area contributed by atoms with Crippen LogP contribution in [0.2, 0.25) is 0 Å². The fraction of sp³-hybridized carbons (Fsp3) is 0.231. The van der Waals surface area contributed by atoms with Gasteiger partial charge < -0.3 is 5.73 Å². The summed E-state index contributed by atoms with van der Waals surface area (Å²) in [6, 6.07) is 35.1. The molecule has 29 heavy (non-hydrogen) atoms. The first-order chi connectivity index (χ1) is 14.3. The maximum Gasteiger partial charge on any atom is 0.350 e. The zero-order valence-electron chi connectivity index (χ0n) is 16.9. The van der Waals surface area contributed by atoms with Gasteiger partial charge in [0.25, 0.3) is 0 Å². The number of nitrogens with two attached hydrogens (primary N) is 1. The lowest BCUT2D eigenvalue weighted by molar-refractivity contribution is 0.329. The molecule has 0 aliphatic rings. The Labute approximate surface area is 173 Å². The van der Waals surface area contributed by atoms with Gasteiger partial charge in [0.2, 0.25) is 5.01 Å². The smallest absolute Gasteiger partial charge is 0.330 e. The van der Waals surface area contributed by atoms with Crippen molar-refractivity contribution in [3.05, 3.63) is 119 Å². The quantitative estimate of drug-likeness (QED) is 0.404. The number of benzene rings is 3.